The molecule has 17 heavy (non-hydrogen) atoms. The zero-order valence-corrected chi connectivity index (χ0v) is 11.4. The lowest BCUT2D eigenvalue weighted by Crippen LogP contribution is -2.33. The third kappa shape index (κ3) is 4.23. The summed E-state index contributed by atoms with van der Waals surface area (Å²) in [5.74, 6) is 0. The first kappa shape index (κ1) is 14.4. The molecule has 0 unspecified atom stereocenters. The van der Waals surface area contributed by atoms with Gasteiger partial charge in [0.1, 0.15) is 4.90 Å². The Kier molecular flexibility index (Phi) is 5.32. The van der Waals surface area contributed by atoms with Gasteiger partial charge in [0.15, 0.2) is 0 Å². The molecule has 1 aromatic heterocycles. The van der Waals surface area contributed by atoms with Crippen LogP contribution in [0.2, 0.25) is 5.02 Å². The van der Waals surface area contributed by atoms with Gasteiger partial charge in [-0.1, -0.05) is 18.5 Å². The Morgan fingerprint density at radius 2 is 2.24 bits per heavy atom. The first-order valence-electron chi connectivity index (χ1n) is 5.25. The first-order valence-corrected chi connectivity index (χ1v) is 7.11. The quantitative estimate of drug-likeness (QED) is 0.841. The van der Waals surface area contributed by atoms with Gasteiger partial charge in [-0.3, -0.25) is 4.98 Å². The molecule has 0 aliphatic rings. The van der Waals surface area contributed by atoms with E-state index in [4.69, 9.17) is 11.6 Å². The van der Waals surface area contributed by atoms with Crippen LogP contribution in [-0.2, 0) is 10.0 Å². The van der Waals surface area contributed by atoms with Gasteiger partial charge in [-0.25, -0.2) is 13.1 Å². The van der Waals surface area contributed by atoms with Crippen molar-refractivity contribution in [2.75, 3.05) is 26.7 Å². The molecule has 0 saturated heterocycles. The van der Waals surface area contributed by atoms with Gasteiger partial charge in [-0.2, -0.15) is 0 Å². The summed E-state index contributed by atoms with van der Waals surface area (Å²) in [6, 6.07) is 1.45. The summed E-state index contributed by atoms with van der Waals surface area (Å²) in [5, 5.41) is 0.177. The van der Waals surface area contributed by atoms with Crippen LogP contribution in [0.4, 0.5) is 0 Å². The highest BCUT2D eigenvalue weighted by Gasteiger charge is 2.17. The Labute approximate surface area is 107 Å². The number of nitrogens with one attached hydrogen (secondary N) is 1. The zero-order valence-electron chi connectivity index (χ0n) is 9.85. The molecular weight excluding hydrogens is 262 g/mol. The van der Waals surface area contributed by atoms with Crippen molar-refractivity contribution >= 4 is 21.6 Å². The third-order valence-electron chi connectivity index (χ3n) is 2.35. The van der Waals surface area contributed by atoms with Crippen molar-refractivity contribution < 1.29 is 8.42 Å². The van der Waals surface area contributed by atoms with Crippen molar-refractivity contribution in [3.8, 4) is 0 Å². The molecule has 5 nitrogen and oxygen atoms in total. The van der Waals surface area contributed by atoms with Gasteiger partial charge in [-0.15, -0.1) is 0 Å². The average molecular weight is 278 g/mol. The largest absolute Gasteiger partial charge is 0.305 e. The molecule has 0 radical (unpaired) electrons. The number of hydrogen-bond donors (Lipinski definition) is 1. The SMILES string of the molecule is CCN(C)CCNS(=O)(=O)c1cnccc1Cl. The van der Waals surface area contributed by atoms with Gasteiger partial charge in [0.25, 0.3) is 0 Å². The Morgan fingerprint density at radius 3 is 2.82 bits per heavy atom. The van der Waals surface area contributed by atoms with Crippen LogP contribution in [0.3, 0.4) is 0 Å². The number of likely N-dealkylation sites (N-methyl/N-ethyl adjacent to an activating group) is 1. The molecule has 0 saturated carbocycles. The molecule has 1 rings (SSSR count). The first-order chi connectivity index (χ1) is 7.97. The van der Waals surface area contributed by atoms with E-state index in [1.807, 2.05) is 18.9 Å². The highest BCUT2D eigenvalue weighted by Crippen LogP contribution is 2.18. The third-order valence-corrected chi connectivity index (χ3v) is 4.28. The van der Waals surface area contributed by atoms with Crippen LogP contribution >= 0.6 is 11.6 Å². The summed E-state index contributed by atoms with van der Waals surface area (Å²) in [5.41, 5.74) is 0. The van der Waals surface area contributed by atoms with Crippen molar-refractivity contribution in [3.63, 3.8) is 0 Å². The van der Waals surface area contributed by atoms with E-state index in [9.17, 15) is 8.42 Å². The predicted molar refractivity (Wildman–Crippen MR) is 67.6 cm³/mol. The molecule has 0 aliphatic carbocycles. The predicted octanol–water partition coefficient (Wildman–Crippen LogP) is 0.965. The van der Waals surface area contributed by atoms with E-state index in [0.717, 1.165) is 6.54 Å². The number of aromatic nitrogens is 1. The summed E-state index contributed by atoms with van der Waals surface area (Å²) in [6.45, 7) is 3.87. The zero-order chi connectivity index (χ0) is 12.9. The highest BCUT2D eigenvalue weighted by molar-refractivity contribution is 7.89. The highest BCUT2D eigenvalue weighted by atomic mass is 35.5. The van der Waals surface area contributed by atoms with Crippen LogP contribution in [0.25, 0.3) is 0 Å². The Morgan fingerprint density at radius 1 is 1.53 bits per heavy atom. The second kappa shape index (κ2) is 6.30. The van der Waals surface area contributed by atoms with E-state index in [1.165, 1.54) is 18.5 Å². The maximum absolute atomic E-state index is 11.9. The van der Waals surface area contributed by atoms with Crippen LogP contribution in [-0.4, -0.2) is 45.0 Å². The number of nitrogens with zero attached hydrogens (tertiary/aromatic N) is 2. The van der Waals surface area contributed by atoms with E-state index in [1.54, 1.807) is 0 Å². The Hall–Kier alpha value is -0.690. The monoisotopic (exact) mass is 277 g/mol. The molecule has 1 aromatic rings. The van der Waals surface area contributed by atoms with E-state index >= 15 is 0 Å². The minimum Gasteiger partial charge on any atom is -0.305 e. The minimum atomic E-state index is -3.57. The molecule has 0 aliphatic heterocycles. The standard InChI is InChI=1S/C10H16ClN3O2S/c1-3-14(2)7-6-13-17(15,16)10-8-12-5-4-9(10)11/h4-5,8,13H,3,6-7H2,1-2H3. The van der Waals surface area contributed by atoms with Crippen molar-refractivity contribution in [1.82, 2.24) is 14.6 Å². The summed E-state index contributed by atoms with van der Waals surface area (Å²) in [4.78, 5) is 5.78. The topological polar surface area (TPSA) is 62.3 Å². The molecule has 7 heteroatoms. The van der Waals surface area contributed by atoms with Crippen molar-refractivity contribution in [2.24, 2.45) is 0 Å². The van der Waals surface area contributed by atoms with Gasteiger partial charge in [0, 0.05) is 25.5 Å². The lowest BCUT2D eigenvalue weighted by atomic mass is 10.5. The van der Waals surface area contributed by atoms with Crippen molar-refractivity contribution in [3.05, 3.63) is 23.5 Å². The summed E-state index contributed by atoms with van der Waals surface area (Å²) < 4.78 is 26.2. The van der Waals surface area contributed by atoms with Gasteiger partial charge in [-0.05, 0) is 19.7 Å². The maximum Gasteiger partial charge on any atom is 0.243 e. The van der Waals surface area contributed by atoms with E-state index in [2.05, 4.69) is 9.71 Å². The maximum atomic E-state index is 11.9. The average Bonchev–Trinajstić information content (AvgIpc) is 2.28. The molecule has 96 valence electrons. The minimum absolute atomic E-state index is 0.0146. The second-order valence-electron chi connectivity index (χ2n) is 3.60. The van der Waals surface area contributed by atoms with E-state index in [0.29, 0.717) is 13.1 Å². The molecule has 0 fully saturated rings. The number of hydrogen-bond acceptors (Lipinski definition) is 4. The molecule has 1 heterocycles. The van der Waals surface area contributed by atoms with Crippen molar-refractivity contribution in [2.45, 2.75) is 11.8 Å². The summed E-state index contributed by atoms with van der Waals surface area (Å²) >= 11 is 5.81. The van der Waals surface area contributed by atoms with Crippen LogP contribution in [0, 0.1) is 0 Å². The van der Waals surface area contributed by atoms with Gasteiger partial charge in [0.2, 0.25) is 10.0 Å². The van der Waals surface area contributed by atoms with Crippen LogP contribution in [0.15, 0.2) is 23.4 Å². The summed E-state index contributed by atoms with van der Waals surface area (Å²) in [7, 11) is -1.64. The lowest BCUT2D eigenvalue weighted by molar-refractivity contribution is 0.358. The molecular formula is C10H16ClN3O2S. The number of sulfonamides is 1. The molecule has 1 N–H and O–H groups in total. The van der Waals surface area contributed by atoms with E-state index in [-0.39, 0.29) is 9.92 Å². The lowest BCUT2D eigenvalue weighted by Gasteiger charge is -2.14. The fourth-order valence-electron chi connectivity index (χ4n) is 1.17. The fraction of sp³-hybridized carbons (Fsp3) is 0.500. The van der Waals surface area contributed by atoms with Crippen LogP contribution < -0.4 is 4.72 Å². The molecule has 0 spiro atoms. The molecule has 0 aromatic carbocycles. The van der Waals surface area contributed by atoms with Crippen molar-refractivity contribution in [1.29, 1.82) is 0 Å². The second-order valence-corrected chi connectivity index (χ2v) is 5.74. The molecule has 0 bridgehead atoms. The number of halogens is 1. The smallest absolute Gasteiger partial charge is 0.243 e. The van der Waals surface area contributed by atoms with Crippen LogP contribution in [0.1, 0.15) is 6.92 Å². The fourth-order valence-corrected chi connectivity index (χ4v) is 2.62. The number of rotatable bonds is 6. The van der Waals surface area contributed by atoms with E-state index < -0.39 is 10.0 Å². The van der Waals surface area contributed by atoms with Gasteiger partial charge in [0.05, 0.1) is 5.02 Å². The number of pyridine rings is 1. The molecule has 0 atom stereocenters. The summed E-state index contributed by atoms with van der Waals surface area (Å²) in [6.07, 6.45) is 2.69. The van der Waals surface area contributed by atoms with Gasteiger partial charge < -0.3 is 4.90 Å². The van der Waals surface area contributed by atoms with Gasteiger partial charge >= 0.3 is 0 Å². The Balaban J connectivity index is 2.67. The Bertz CT molecular complexity index is 464. The molecule has 0 amide bonds. The van der Waals surface area contributed by atoms with Crippen LogP contribution in [0.5, 0.6) is 0 Å². The normalized spacial score (nSPS) is 12.0.